The highest BCUT2D eigenvalue weighted by atomic mass is 32.1. The number of hydrogen-bond donors (Lipinski definition) is 1. The predicted octanol–water partition coefficient (Wildman–Crippen LogP) is 1.44. The van der Waals surface area contributed by atoms with E-state index in [1.54, 1.807) is 35.0 Å². The van der Waals surface area contributed by atoms with Crippen LogP contribution in [0.5, 0.6) is 0 Å². The van der Waals surface area contributed by atoms with Crippen LogP contribution in [0.1, 0.15) is 22.2 Å². The van der Waals surface area contributed by atoms with Crippen LogP contribution in [0.3, 0.4) is 0 Å². The maximum absolute atomic E-state index is 11.8. The Hall–Kier alpha value is -1.70. The minimum Gasteiger partial charge on any atom is -0.370 e. The summed E-state index contributed by atoms with van der Waals surface area (Å²) >= 11 is 1.74. The zero-order valence-corrected chi connectivity index (χ0v) is 14.3. The van der Waals surface area contributed by atoms with Gasteiger partial charge in [-0.2, -0.15) is 5.10 Å². The summed E-state index contributed by atoms with van der Waals surface area (Å²) in [5.41, 5.74) is 2.15. The number of amides is 1. The summed E-state index contributed by atoms with van der Waals surface area (Å²) in [4.78, 5) is 14.7. The molecule has 124 valence electrons. The van der Waals surface area contributed by atoms with Crippen molar-refractivity contribution in [2.24, 2.45) is 0 Å². The van der Waals surface area contributed by atoms with E-state index in [1.165, 1.54) is 10.4 Å². The summed E-state index contributed by atoms with van der Waals surface area (Å²) < 4.78 is 7.59. The summed E-state index contributed by atoms with van der Waals surface area (Å²) in [6.07, 6.45) is 2.78. The lowest BCUT2D eigenvalue weighted by Gasteiger charge is -2.22. The Balaban J connectivity index is 1.62. The Morgan fingerprint density at radius 3 is 3.17 bits per heavy atom. The van der Waals surface area contributed by atoms with E-state index >= 15 is 0 Å². The number of rotatable bonds is 6. The topological polar surface area (TPSA) is 59.4 Å². The molecule has 6 nitrogen and oxygen atoms in total. The van der Waals surface area contributed by atoms with Crippen LogP contribution >= 0.6 is 11.3 Å². The second-order valence-electron chi connectivity index (χ2n) is 5.85. The predicted molar refractivity (Wildman–Crippen MR) is 89.3 cm³/mol. The van der Waals surface area contributed by atoms with Crippen LogP contribution in [-0.2, 0) is 29.0 Å². The van der Waals surface area contributed by atoms with E-state index in [0.29, 0.717) is 6.61 Å². The van der Waals surface area contributed by atoms with Crippen molar-refractivity contribution in [1.29, 1.82) is 0 Å². The van der Waals surface area contributed by atoms with E-state index in [-0.39, 0.29) is 18.6 Å². The van der Waals surface area contributed by atoms with Crippen LogP contribution in [0.15, 0.2) is 23.7 Å². The van der Waals surface area contributed by atoms with E-state index < -0.39 is 0 Å². The Morgan fingerprint density at radius 2 is 2.43 bits per heavy atom. The maximum Gasteiger partial charge on any atom is 0.243 e. The number of carbonyl (C=O) groups excluding carboxylic acids is 1. The molecule has 0 aromatic carbocycles. The third-order valence-electron chi connectivity index (χ3n) is 3.87. The standard InChI is InChI=1S/C16H22N4O2S/c1-19(2)15(21)11-20-10-12-5-6-22-14(16(12)18-20)9-17-8-13-4-3-7-23-13/h3-4,7,10,14,17H,5-6,8-9,11H2,1-2H3/t14-/m0/s1. The number of nitrogens with one attached hydrogen (secondary N) is 1. The first-order valence-electron chi connectivity index (χ1n) is 7.74. The molecule has 0 unspecified atom stereocenters. The van der Waals surface area contributed by atoms with Gasteiger partial charge in [0.15, 0.2) is 0 Å². The highest BCUT2D eigenvalue weighted by molar-refractivity contribution is 7.09. The molecule has 0 saturated heterocycles. The van der Waals surface area contributed by atoms with Gasteiger partial charge >= 0.3 is 0 Å². The zero-order chi connectivity index (χ0) is 16.2. The van der Waals surface area contributed by atoms with Gasteiger partial charge in [-0.15, -0.1) is 11.3 Å². The summed E-state index contributed by atoms with van der Waals surface area (Å²) in [6.45, 7) is 2.54. The summed E-state index contributed by atoms with van der Waals surface area (Å²) in [7, 11) is 3.51. The van der Waals surface area contributed by atoms with Crippen LogP contribution < -0.4 is 5.32 Å². The first kappa shape index (κ1) is 16.2. The van der Waals surface area contributed by atoms with E-state index in [4.69, 9.17) is 4.74 Å². The lowest BCUT2D eigenvalue weighted by Crippen LogP contribution is -2.28. The molecular weight excluding hydrogens is 312 g/mol. The molecule has 3 heterocycles. The van der Waals surface area contributed by atoms with Crippen molar-refractivity contribution in [2.45, 2.75) is 25.6 Å². The first-order valence-corrected chi connectivity index (χ1v) is 8.62. The van der Waals surface area contributed by atoms with Crippen molar-refractivity contribution >= 4 is 17.2 Å². The fourth-order valence-corrected chi connectivity index (χ4v) is 3.26. The molecule has 2 aromatic rings. The molecule has 0 radical (unpaired) electrons. The summed E-state index contributed by atoms with van der Waals surface area (Å²) in [5.74, 6) is 0.0399. The molecule has 1 atom stereocenters. The second-order valence-corrected chi connectivity index (χ2v) is 6.88. The number of likely N-dealkylation sites (N-methyl/N-ethyl adjacent to an activating group) is 1. The third kappa shape index (κ3) is 3.99. The van der Waals surface area contributed by atoms with Crippen molar-refractivity contribution in [3.05, 3.63) is 39.8 Å². The molecule has 0 spiro atoms. The Morgan fingerprint density at radius 1 is 1.57 bits per heavy atom. The fraction of sp³-hybridized carbons (Fsp3) is 0.500. The molecule has 1 aliphatic rings. The monoisotopic (exact) mass is 334 g/mol. The average Bonchev–Trinajstić information content (AvgIpc) is 3.16. The number of thiophene rings is 1. The summed E-state index contributed by atoms with van der Waals surface area (Å²) in [5, 5.41) is 10.1. The van der Waals surface area contributed by atoms with Gasteiger partial charge in [0.05, 0.1) is 12.3 Å². The lowest BCUT2D eigenvalue weighted by molar-refractivity contribution is -0.129. The Kier molecular flexibility index (Phi) is 5.09. The number of aromatic nitrogens is 2. The molecule has 3 rings (SSSR count). The highest BCUT2D eigenvalue weighted by Gasteiger charge is 2.25. The van der Waals surface area contributed by atoms with Crippen LogP contribution in [0.25, 0.3) is 0 Å². The van der Waals surface area contributed by atoms with Crippen LogP contribution in [-0.4, -0.2) is 47.8 Å². The molecule has 1 amide bonds. The normalized spacial score (nSPS) is 17.0. The van der Waals surface area contributed by atoms with E-state index in [9.17, 15) is 4.79 Å². The minimum absolute atomic E-state index is 0.0399. The molecule has 7 heteroatoms. The zero-order valence-electron chi connectivity index (χ0n) is 13.5. The fourth-order valence-electron chi connectivity index (χ4n) is 2.59. The largest absolute Gasteiger partial charge is 0.370 e. The number of nitrogens with zero attached hydrogens (tertiary/aromatic N) is 3. The first-order chi connectivity index (χ1) is 11.1. The van der Waals surface area contributed by atoms with Gasteiger partial charge in [0.25, 0.3) is 0 Å². The van der Waals surface area contributed by atoms with Crippen molar-refractivity contribution < 1.29 is 9.53 Å². The maximum atomic E-state index is 11.8. The number of carbonyl (C=O) groups is 1. The third-order valence-corrected chi connectivity index (χ3v) is 4.75. The summed E-state index contributed by atoms with van der Waals surface area (Å²) in [6, 6.07) is 4.17. The van der Waals surface area contributed by atoms with Gasteiger partial charge in [-0.05, 0) is 23.4 Å². The van der Waals surface area contributed by atoms with Gasteiger partial charge in [-0.25, -0.2) is 0 Å². The van der Waals surface area contributed by atoms with Crippen LogP contribution in [0.2, 0.25) is 0 Å². The van der Waals surface area contributed by atoms with Crippen molar-refractivity contribution in [3.63, 3.8) is 0 Å². The molecule has 1 N–H and O–H groups in total. The molecule has 0 saturated carbocycles. The van der Waals surface area contributed by atoms with Crippen molar-refractivity contribution in [3.8, 4) is 0 Å². The smallest absolute Gasteiger partial charge is 0.243 e. The number of ether oxygens (including phenoxy) is 1. The molecule has 2 aromatic heterocycles. The van der Waals surface area contributed by atoms with Gasteiger partial charge in [-0.3, -0.25) is 9.48 Å². The molecule has 0 aliphatic carbocycles. The van der Waals surface area contributed by atoms with E-state index in [1.807, 2.05) is 6.20 Å². The number of fused-ring (bicyclic) bond motifs is 1. The number of hydrogen-bond acceptors (Lipinski definition) is 5. The molecule has 0 bridgehead atoms. The van der Waals surface area contributed by atoms with Crippen molar-refractivity contribution in [1.82, 2.24) is 20.0 Å². The van der Waals surface area contributed by atoms with Crippen LogP contribution in [0, 0.1) is 0 Å². The second kappa shape index (κ2) is 7.25. The van der Waals surface area contributed by atoms with Gasteiger partial charge < -0.3 is 15.0 Å². The molecule has 0 fully saturated rings. The van der Waals surface area contributed by atoms with Gasteiger partial charge in [-0.1, -0.05) is 6.07 Å². The van der Waals surface area contributed by atoms with Gasteiger partial charge in [0.2, 0.25) is 5.91 Å². The van der Waals surface area contributed by atoms with E-state index in [2.05, 4.69) is 27.9 Å². The average molecular weight is 334 g/mol. The lowest BCUT2D eigenvalue weighted by atomic mass is 10.1. The SMILES string of the molecule is CN(C)C(=O)Cn1cc2c(n1)[C@H](CNCc1cccs1)OCC2. The molecular formula is C16H22N4O2S. The highest BCUT2D eigenvalue weighted by Crippen LogP contribution is 2.25. The molecule has 1 aliphatic heterocycles. The van der Waals surface area contributed by atoms with Gasteiger partial charge in [0.1, 0.15) is 12.6 Å². The minimum atomic E-state index is -0.0468. The quantitative estimate of drug-likeness (QED) is 0.868. The van der Waals surface area contributed by atoms with Gasteiger partial charge in [0, 0.05) is 38.3 Å². The van der Waals surface area contributed by atoms with Crippen molar-refractivity contribution in [2.75, 3.05) is 27.2 Å². The Bertz CT molecular complexity index is 651. The van der Waals surface area contributed by atoms with E-state index in [0.717, 1.165) is 25.2 Å². The molecule has 23 heavy (non-hydrogen) atoms. The Labute approximate surface area is 140 Å². The van der Waals surface area contributed by atoms with Crippen LogP contribution in [0.4, 0.5) is 0 Å².